The van der Waals surface area contributed by atoms with Gasteiger partial charge in [-0.2, -0.15) is 0 Å². The van der Waals surface area contributed by atoms with E-state index in [0.29, 0.717) is 30.2 Å². The second kappa shape index (κ2) is 8.57. The van der Waals surface area contributed by atoms with Crippen molar-refractivity contribution in [2.75, 3.05) is 14.2 Å². The minimum absolute atomic E-state index is 0.162. The van der Waals surface area contributed by atoms with Crippen LogP contribution >= 0.6 is 0 Å². The predicted octanol–water partition coefficient (Wildman–Crippen LogP) is 1.20. The quantitative estimate of drug-likeness (QED) is 0.601. The maximum absolute atomic E-state index is 11.3. The summed E-state index contributed by atoms with van der Waals surface area (Å²) in [7, 11) is 2.55. The van der Waals surface area contributed by atoms with E-state index in [4.69, 9.17) is 4.79 Å². The molecule has 0 N–H and O–H groups in total. The molecule has 0 bridgehead atoms. The lowest BCUT2D eigenvalue weighted by molar-refractivity contribution is -0.126. The highest BCUT2D eigenvalue weighted by molar-refractivity contribution is 6.00. The average molecular weight is 266 g/mol. The lowest BCUT2D eigenvalue weighted by atomic mass is 10.0. The van der Waals surface area contributed by atoms with E-state index in [9.17, 15) is 14.4 Å². The molecule has 102 valence electrons. The molecule has 6 heteroatoms. The molecule has 6 nitrogen and oxygen atoms in total. The normalized spacial score (nSPS) is 8.58. The van der Waals surface area contributed by atoms with Crippen molar-refractivity contribution >= 4 is 25.0 Å². The summed E-state index contributed by atoms with van der Waals surface area (Å²) in [5.74, 6) is -0.586. The summed E-state index contributed by atoms with van der Waals surface area (Å²) < 4.78 is 8.38. The predicted molar refractivity (Wildman–Crippen MR) is 66.4 cm³/mol. The van der Waals surface area contributed by atoms with Gasteiger partial charge >= 0.3 is 5.97 Å². The second-order valence-corrected chi connectivity index (χ2v) is 3.36. The van der Waals surface area contributed by atoms with Gasteiger partial charge in [0.2, 0.25) is 0 Å². The van der Waals surface area contributed by atoms with Crippen molar-refractivity contribution in [1.29, 1.82) is 0 Å². The Balaban J connectivity index is 0.000000711. The van der Waals surface area contributed by atoms with Crippen LogP contribution in [0.1, 0.15) is 36.6 Å². The first-order valence-corrected chi connectivity index (χ1v) is 5.15. The number of methoxy groups -OCH3 is 2. The molecule has 0 amide bonds. The van der Waals surface area contributed by atoms with E-state index in [0.717, 1.165) is 0 Å². The maximum Gasteiger partial charge on any atom is 0.338 e. The molecule has 1 aromatic carbocycles. The van der Waals surface area contributed by atoms with Crippen LogP contribution in [-0.4, -0.2) is 39.2 Å². The van der Waals surface area contributed by atoms with Gasteiger partial charge < -0.3 is 9.47 Å². The number of aldehydes is 2. The van der Waals surface area contributed by atoms with Crippen LogP contribution in [0.15, 0.2) is 12.1 Å². The summed E-state index contributed by atoms with van der Waals surface area (Å²) in [6.45, 7) is 2.06. The molecule has 0 saturated carbocycles. The standard InChI is InChI=1S/C11H10O4.C2H4O2/c1-7-3-10(11(14)15-2)9(6-13)4-8(7)5-12;1-4-2-3/h3-6H,1-2H3;2H,1H3. The van der Waals surface area contributed by atoms with Gasteiger partial charge in [0.25, 0.3) is 6.47 Å². The van der Waals surface area contributed by atoms with Gasteiger partial charge in [-0.1, -0.05) is 0 Å². The van der Waals surface area contributed by atoms with Gasteiger partial charge in [0.05, 0.1) is 19.8 Å². The van der Waals surface area contributed by atoms with Gasteiger partial charge in [0.15, 0.2) is 6.29 Å². The zero-order valence-electron chi connectivity index (χ0n) is 10.8. The first kappa shape index (κ1) is 16.5. The van der Waals surface area contributed by atoms with E-state index in [1.165, 1.54) is 26.4 Å². The van der Waals surface area contributed by atoms with Crippen molar-refractivity contribution in [2.24, 2.45) is 0 Å². The molecule has 0 fully saturated rings. The third-order valence-electron chi connectivity index (χ3n) is 2.19. The number of benzene rings is 1. The highest BCUT2D eigenvalue weighted by atomic mass is 16.5. The number of ether oxygens (including phenoxy) is 2. The number of carbonyl (C=O) groups is 4. The minimum atomic E-state index is -0.586. The Labute approximate surface area is 110 Å². The number of carbonyl (C=O) groups excluding carboxylic acids is 4. The summed E-state index contributed by atoms with van der Waals surface area (Å²) in [6, 6.07) is 2.85. The Morgan fingerprint density at radius 1 is 1.05 bits per heavy atom. The van der Waals surface area contributed by atoms with E-state index >= 15 is 0 Å². The monoisotopic (exact) mass is 266 g/mol. The molecular formula is C13H14O6. The van der Waals surface area contributed by atoms with Gasteiger partial charge in [-0.25, -0.2) is 4.79 Å². The third kappa shape index (κ3) is 4.71. The molecular weight excluding hydrogens is 252 g/mol. The van der Waals surface area contributed by atoms with Gasteiger partial charge in [-0.05, 0) is 24.6 Å². The molecule has 0 aromatic heterocycles. The largest absolute Gasteiger partial charge is 0.471 e. The molecule has 0 aliphatic heterocycles. The number of hydrogen-bond acceptors (Lipinski definition) is 6. The van der Waals surface area contributed by atoms with Crippen molar-refractivity contribution in [2.45, 2.75) is 6.92 Å². The van der Waals surface area contributed by atoms with Gasteiger partial charge in [0.1, 0.15) is 6.29 Å². The molecule has 1 rings (SSSR count). The molecule has 0 heterocycles. The van der Waals surface area contributed by atoms with Crippen LogP contribution in [0.5, 0.6) is 0 Å². The fourth-order valence-corrected chi connectivity index (χ4v) is 1.25. The fraction of sp³-hybridized carbons (Fsp3) is 0.231. The van der Waals surface area contributed by atoms with Crippen molar-refractivity contribution < 1.29 is 28.7 Å². The number of esters is 1. The Kier molecular flexibility index (Phi) is 7.44. The van der Waals surface area contributed by atoms with E-state index in [1.807, 2.05) is 0 Å². The van der Waals surface area contributed by atoms with Crippen LogP contribution in [0.3, 0.4) is 0 Å². The Morgan fingerprint density at radius 3 is 1.95 bits per heavy atom. The Hall–Kier alpha value is -2.50. The minimum Gasteiger partial charge on any atom is -0.471 e. The first-order chi connectivity index (χ1) is 9.05. The smallest absolute Gasteiger partial charge is 0.338 e. The van der Waals surface area contributed by atoms with Crippen LogP contribution in [0.2, 0.25) is 0 Å². The van der Waals surface area contributed by atoms with Crippen molar-refractivity contribution in [1.82, 2.24) is 0 Å². The van der Waals surface area contributed by atoms with E-state index in [-0.39, 0.29) is 11.1 Å². The molecule has 0 atom stereocenters. The number of rotatable bonds is 4. The third-order valence-corrected chi connectivity index (χ3v) is 2.19. The molecule has 0 saturated heterocycles. The summed E-state index contributed by atoms with van der Waals surface area (Å²) >= 11 is 0. The maximum atomic E-state index is 11.3. The Morgan fingerprint density at radius 2 is 1.58 bits per heavy atom. The van der Waals surface area contributed by atoms with Gasteiger partial charge in [-0.15, -0.1) is 0 Å². The molecule has 1 aromatic rings. The molecule has 0 aliphatic carbocycles. The second-order valence-electron chi connectivity index (χ2n) is 3.36. The number of aryl methyl sites for hydroxylation is 1. The lowest BCUT2D eigenvalue weighted by Gasteiger charge is -2.05. The fourth-order valence-electron chi connectivity index (χ4n) is 1.25. The summed E-state index contributed by atoms with van der Waals surface area (Å²) in [6.07, 6.45) is 1.17. The van der Waals surface area contributed by atoms with E-state index in [1.54, 1.807) is 6.92 Å². The van der Waals surface area contributed by atoms with Crippen LogP contribution in [0, 0.1) is 6.92 Å². The van der Waals surface area contributed by atoms with Crippen LogP contribution in [0.25, 0.3) is 0 Å². The van der Waals surface area contributed by atoms with Crippen molar-refractivity contribution in [3.63, 3.8) is 0 Å². The zero-order valence-corrected chi connectivity index (χ0v) is 10.8. The van der Waals surface area contributed by atoms with E-state index in [2.05, 4.69) is 9.47 Å². The summed E-state index contributed by atoms with van der Waals surface area (Å²) in [5, 5.41) is 0. The van der Waals surface area contributed by atoms with E-state index < -0.39 is 5.97 Å². The number of hydrogen-bond donors (Lipinski definition) is 0. The molecule has 19 heavy (non-hydrogen) atoms. The molecule has 0 unspecified atom stereocenters. The van der Waals surface area contributed by atoms with Crippen LogP contribution in [-0.2, 0) is 14.3 Å². The van der Waals surface area contributed by atoms with Crippen LogP contribution in [0.4, 0.5) is 0 Å². The van der Waals surface area contributed by atoms with Gasteiger partial charge in [-0.3, -0.25) is 14.4 Å². The highest BCUT2D eigenvalue weighted by Gasteiger charge is 2.13. The van der Waals surface area contributed by atoms with Crippen LogP contribution < -0.4 is 0 Å². The Bertz CT molecular complexity index is 478. The zero-order chi connectivity index (χ0) is 14.8. The SMILES string of the molecule is COC(=O)c1cc(C)c(C=O)cc1C=O.COC=O. The summed E-state index contributed by atoms with van der Waals surface area (Å²) in [5.41, 5.74) is 1.37. The molecule has 0 radical (unpaired) electrons. The lowest BCUT2D eigenvalue weighted by Crippen LogP contribution is -2.07. The molecule has 0 spiro atoms. The molecule has 0 aliphatic rings. The van der Waals surface area contributed by atoms with Crippen molar-refractivity contribution in [3.05, 3.63) is 34.4 Å². The van der Waals surface area contributed by atoms with Gasteiger partial charge in [0, 0.05) is 11.1 Å². The average Bonchev–Trinajstić information content (AvgIpc) is 2.46. The topological polar surface area (TPSA) is 86.7 Å². The first-order valence-electron chi connectivity index (χ1n) is 5.15. The highest BCUT2D eigenvalue weighted by Crippen LogP contribution is 2.15. The van der Waals surface area contributed by atoms with Crippen molar-refractivity contribution in [3.8, 4) is 0 Å². The summed E-state index contributed by atoms with van der Waals surface area (Å²) in [4.78, 5) is 41.5.